The molecular weight excluding hydrogens is 296 g/mol. The van der Waals surface area contributed by atoms with Crippen molar-refractivity contribution >= 4 is 17.9 Å². The van der Waals surface area contributed by atoms with Crippen molar-refractivity contribution in [2.45, 2.75) is 69.4 Å². The molecule has 1 atom stereocenters. The van der Waals surface area contributed by atoms with Crippen LogP contribution in [0.15, 0.2) is 23.4 Å². The van der Waals surface area contributed by atoms with E-state index in [-0.39, 0.29) is 12.1 Å². The van der Waals surface area contributed by atoms with Crippen molar-refractivity contribution in [2.24, 2.45) is 0 Å². The monoisotopic (exact) mass is 322 g/mol. The first-order chi connectivity index (χ1) is 10.3. The fraction of sp³-hybridized carbons (Fsp3) is 0.647. The van der Waals surface area contributed by atoms with E-state index in [1.165, 1.54) is 0 Å². The Kier molecular flexibility index (Phi) is 5.37. The molecule has 0 spiro atoms. The zero-order chi connectivity index (χ0) is 16.3. The highest BCUT2D eigenvalue weighted by Crippen LogP contribution is 2.38. The Labute approximate surface area is 137 Å². The fourth-order valence-electron chi connectivity index (χ4n) is 2.61. The molecule has 1 fully saturated rings. The summed E-state index contributed by atoms with van der Waals surface area (Å²) < 4.78 is 5.55. The lowest BCUT2D eigenvalue weighted by Crippen LogP contribution is -2.36. The minimum Gasteiger partial charge on any atom is -0.444 e. The van der Waals surface area contributed by atoms with Crippen LogP contribution in [0.5, 0.6) is 0 Å². The highest BCUT2D eigenvalue weighted by Gasteiger charge is 2.34. The van der Waals surface area contributed by atoms with Crippen LogP contribution in [-0.2, 0) is 4.74 Å². The van der Waals surface area contributed by atoms with E-state index in [1.54, 1.807) is 11.8 Å². The molecule has 0 aromatic carbocycles. The maximum atomic E-state index is 12.5. The molecule has 0 bridgehead atoms. The van der Waals surface area contributed by atoms with Gasteiger partial charge in [-0.25, -0.2) is 9.78 Å². The summed E-state index contributed by atoms with van der Waals surface area (Å²) >= 11 is 1.75. The average molecular weight is 322 g/mol. The van der Waals surface area contributed by atoms with Crippen LogP contribution >= 0.6 is 11.8 Å². The molecule has 1 aliphatic heterocycles. The number of pyridine rings is 1. The molecule has 122 valence electrons. The Hall–Kier alpha value is -1.23. The molecule has 0 aliphatic carbocycles. The van der Waals surface area contributed by atoms with Gasteiger partial charge in [0.2, 0.25) is 0 Å². The predicted molar refractivity (Wildman–Crippen MR) is 90.1 cm³/mol. The van der Waals surface area contributed by atoms with Crippen molar-refractivity contribution in [3.8, 4) is 0 Å². The van der Waals surface area contributed by atoms with Gasteiger partial charge in [0.1, 0.15) is 10.6 Å². The van der Waals surface area contributed by atoms with Crippen LogP contribution in [0.25, 0.3) is 0 Å². The standard InChI is InChI=1S/C17H26N2O2S/c1-12(2)22-15-13(8-6-10-18-15)14-9-7-11-19(14)16(20)21-17(3,4)5/h6,8,10,12,14H,7,9,11H2,1-5H3/t14-/m1/s1. The van der Waals surface area contributed by atoms with E-state index in [1.807, 2.05) is 37.9 Å². The minimum absolute atomic E-state index is 0.0739. The number of nitrogens with zero attached hydrogens (tertiary/aromatic N) is 2. The van der Waals surface area contributed by atoms with Gasteiger partial charge < -0.3 is 9.64 Å². The third-order valence-electron chi connectivity index (χ3n) is 3.39. The Morgan fingerprint density at radius 1 is 1.45 bits per heavy atom. The SMILES string of the molecule is CC(C)Sc1ncccc1[C@H]1CCCN1C(=O)OC(C)(C)C. The van der Waals surface area contributed by atoms with Gasteiger partial charge in [0.15, 0.2) is 0 Å². The van der Waals surface area contributed by atoms with Crippen molar-refractivity contribution in [1.29, 1.82) is 0 Å². The molecule has 1 saturated heterocycles. The van der Waals surface area contributed by atoms with Crippen LogP contribution in [0.3, 0.4) is 0 Å². The number of thioether (sulfide) groups is 1. The summed E-state index contributed by atoms with van der Waals surface area (Å²) in [7, 11) is 0. The second-order valence-corrected chi connectivity index (χ2v) is 8.46. The number of amides is 1. The summed E-state index contributed by atoms with van der Waals surface area (Å²) in [5.41, 5.74) is 0.679. The third kappa shape index (κ3) is 4.38. The molecule has 1 aliphatic rings. The van der Waals surface area contributed by atoms with Gasteiger partial charge in [0, 0.05) is 23.6 Å². The van der Waals surface area contributed by atoms with Gasteiger partial charge in [-0.05, 0) is 39.7 Å². The van der Waals surface area contributed by atoms with E-state index < -0.39 is 5.60 Å². The van der Waals surface area contributed by atoms with Gasteiger partial charge in [0.05, 0.1) is 6.04 Å². The van der Waals surface area contributed by atoms with Crippen LogP contribution in [0.4, 0.5) is 4.79 Å². The molecule has 1 amide bonds. The minimum atomic E-state index is -0.464. The number of hydrogen-bond donors (Lipinski definition) is 0. The topological polar surface area (TPSA) is 42.4 Å². The van der Waals surface area contributed by atoms with Gasteiger partial charge in [-0.3, -0.25) is 0 Å². The van der Waals surface area contributed by atoms with E-state index in [4.69, 9.17) is 4.74 Å². The molecule has 0 radical (unpaired) electrons. The number of carbonyl (C=O) groups is 1. The number of likely N-dealkylation sites (tertiary alicyclic amines) is 1. The predicted octanol–water partition coefficient (Wildman–Crippen LogP) is 4.65. The van der Waals surface area contributed by atoms with E-state index in [0.717, 1.165) is 30.0 Å². The smallest absolute Gasteiger partial charge is 0.410 e. The zero-order valence-electron chi connectivity index (χ0n) is 14.1. The van der Waals surface area contributed by atoms with Crippen LogP contribution in [0.1, 0.15) is 59.1 Å². The first kappa shape index (κ1) is 17.1. The molecule has 0 unspecified atom stereocenters. The largest absolute Gasteiger partial charge is 0.444 e. The molecule has 4 nitrogen and oxygen atoms in total. The molecular formula is C17H26N2O2S. The molecule has 1 aromatic rings. The number of aromatic nitrogens is 1. The van der Waals surface area contributed by atoms with Gasteiger partial charge in [-0.15, -0.1) is 11.8 Å². The first-order valence-electron chi connectivity index (χ1n) is 7.89. The van der Waals surface area contributed by atoms with Crippen LogP contribution in [0, 0.1) is 0 Å². The molecule has 2 rings (SSSR count). The van der Waals surface area contributed by atoms with Crippen molar-refractivity contribution in [2.75, 3.05) is 6.54 Å². The summed E-state index contributed by atoms with van der Waals surface area (Å²) in [6, 6.07) is 4.11. The van der Waals surface area contributed by atoms with Crippen LogP contribution in [-0.4, -0.2) is 33.4 Å². The number of carbonyl (C=O) groups excluding carboxylic acids is 1. The summed E-state index contributed by atoms with van der Waals surface area (Å²) in [4.78, 5) is 18.8. The summed E-state index contributed by atoms with van der Waals surface area (Å²) in [5.74, 6) is 0. The number of hydrogen-bond acceptors (Lipinski definition) is 4. The maximum Gasteiger partial charge on any atom is 0.410 e. The van der Waals surface area contributed by atoms with E-state index in [2.05, 4.69) is 24.9 Å². The van der Waals surface area contributed by atoms with E-state index in [0.29, 0.717) is 5.25 Å². The number of rotatable bonds is 3. The van der Waals surface area contributed by atoms with Crippen LogP contribution < -0.4 is 0 Å². The van der Waals surface area contributed by atoms with E-state index >= 15 is 0 Å². The van der Waals surface area contributed by atoms with E-state index in [9.17, 15) is 4.79 Å². The number of ether oxygens (including phenoxy) is 1. The van der Waals surface area contributed by atoms with Gasteiger partial charge in [-0.1, -0.05) is 19.9 Å². The summed E-state index contributed by atoms with van der Waals surface area (Å²) in [5, 5.41) is 1.49. The van der Waals surface area contributed by atoms with Crippen molar-refractivity contribution < 1.29 is 9.53 Å². The molecule has 5 heteroatoms. The second-order valence-electron chi connectivity index (χ2n) is 6.90. The fourth-order valence-corrected chi connectivity index (χ4v) is 3.52. The Morgan fingerprint density at radius 3 is 2.82 bits per heavy atom. The maximum absolute atomic E-state index is 12.5. The third-order valence-corrected chi connectivity index (χ3v) is 4.42. The molecule has 0 N–H and O–H groups in total. The Bertz CT molecular complexity index is 526. The lowest BCUT2D eigenvalue weighted by molar-refractivity contribution is 0.0222. The second kappa shape index (κ2) is 6.90. The van der Waals surface area contributed by atoms with Gasteiger partial charge >= 0.3 is 6.09 Å². The van der Waals surface area contributed by atoms with Gasteiger partial charge in [0.25, 0.3) is 0 Å². The lowest BCUT2D eigenvalue weighted by atomic mass is 10.1. The molecule has 2 heterocycles. The summed E-state index contributed by atoms with van der Waals surface area (Å²) in [6.45, 7) is 10.8. The molecule has 1 aromatic heterocycles. The van der Waals surface area contributed by atoms with Crippen LogP contribution in [0.2, 0.25) is 0 Å². The normalized spacial score (nSPS) is 18.8. The Morgan fingerprint density at radius 2 is 2.18 bits per heavy atom. The first-order valence-corrected chi connectivity index (χ1v) is 8.77. The highest BCUT2D eigenvalue weighted by atomic mass is 32.2. The quantitative estimate of drug-likeness (QED) is 0.759. The highest BCUT2D eigenvalue weighted by molar-refractivity contribution is 7.99. The molecule has 0 saturated carbocycles. The Balaban J connectivity index is 2.22. The molecule has 22 heavy (non-hydrogen) atoms. The van der Waals surface area contributed by atoms with Crippen molar-refractivity contribution in [1.82, 2.24) is 9.88 Å². The average Bonchev–Trinajstić information content (AvgIpc) is 2.85. The van der Waals surface area contributed by atoms with Crippen molar-refractivity contribution in [3.05, 3.63) is 23.9 Å². The lowest BCUT2D eigenvalue weighted by Gasteiger charge is -2.29. The zero-order valence-corrected chi connectivity index (χ0v) is 14.9. The van der Waals surface area contributed by atoms with Crippen molar-refractivity contribution in [3.63, 3.8) is 0 Å². The van der Waals surface area contributed by atoms with Gasteiger partial charge in [-0.2, -0.15) is 0 Å². The summed E-state index contributed by atoms with van der Waals surface area (Å²) in [6.07, 6.45) is 3.57.